The average molecular weight is 305 g/mol. The van der Waals surface area contributed by atoms with Crippen LogP contribution in [0.25, 0.3) is 0 Å². The summed E-state index contributed by atoms with van der Waals surface area (Å²) in [5.74, 6) is -0.136. The molecule has 1 aromatic heterocycles. The first-order valence-electron chi connectivity index (χ1n) is 7.26. The second-order valence-electron chi connectivity index (χ2n) is 5.00. The van der Waals surface area contributed by atoms with E-state index < -0.39 is 0 Å². The quantitative estimate of drug-likeness (QED) is 0.760. The van der Waals surface area contributed by atoms with Crippen LogP contribution in [0.5, 0.6) is 5.75 Å². The number of para-hydroxylation sites is 1. The molecule has 1 heterocycles. The van der Waals surface area contributed by atoms with Gasteiger partial charge in [0.1, 0.15) is 0 Å². The number of carbonyl (C=O) groups excluding carboxylic acids is 1. The van der Waals surface area contributed by atoms with Gasteiger partial charge in [0.2, 0.25) is 5.91 Å². The van der Waals surface area contributed by atoms with Gasteiger partial charge in [-0.25, -0.2) is 4.39 Å². The zero-order valence-corrected chi connectivity index (χ0v) is 12.6. The Morgan fingerprint density at radius 2 is 2.23 bits per heavy atom. The fourth-order valence-electron chi connectivity index (χ4n) is 1.99. The molecular weight excluding hydrogens is 285 g/mol. The van der Waals surface area contributed by atoms with E-state index in [9.17, 15) is 9.18 Å². The van der Waals surface area contributed by atoms with Gasteiger partial charge < -0.3 is 10.1 Å². The maximum absolute atomic E-state index is 13.3. The van der Waals surface area contributed by atoms with Crippen LogP contribution in [0.2, 0.25) is 0 Å². The molecule has 22 heavy (non-hydrogen) atoms. The smallest absolute Gasteiger partial charge is 0.220 e. The molecule has 1 aromatic carbocycles. The van der Waals surface area contributed by atoms with Gasteiger partial charge in [-0.1, -0.05) is 12.1 Å². The number of carbonyl (C=O) groups is 1. The number of rotatable bonds is 8. The molecule has 0 aliphatic carbocycles. The summed E-state index contributed by atoms with van der Waals surface area (Å²) in [6, 6.07) is 6.28. The monoisotopic (exact) mass is 305 g/mol. The molecule has 0 saturated heterocycles. The molecule has 2 rings (SSSR count). The Morgan fingerprint density at radius 1 is 1.41 bits per heavy atom. The maximum Gasteiger partial charge on any atom is 0.220 e. The second kappa shape index (κ2) is 8.17. The van der Waals surface area contributed by atoms with Crippen LogP contribution >= 0.6 is 0 Å². The Balaban J connectivity index is 1.56. The summed E-state index contributed by atoms with van der Waals surface area (Å²) in [7, 11) is 1.85. The SMILES string of the molecule is Cn1cc(CCC(=O)NCCCOc2ccccc2F)cn1. The highest BCUT2D eigenvalue weighted by atomic mass is 19.1. The second-order valence-corrected chi connectivity index (χ2v) is 5.00. The average Bonchev–Trinajstić information content (AvgIpc) is 2.92. The molecule has 1 amide bonds. The van der Waals surface area contributed by atoms with Gasteiger partial charge in [0.15, 0.2) is 11.6 Å². The van der Waals surface area contributed by atoms with Crippen molar-refractivity contribution in [1.82, 2.24) is 15.1 Å². The lowest BCUT2D eigenvalue weighted by molar-refractivity contribution is -0.121. The van der Waals surface area contributed by atoms with Gasteiger partial charge in [-0.2, -0.15) is 5.10 Å². The van der Waals surface area contributed by atoms with E-state index in [0.29, 0.717) is 32.4 Å². The Bertz CT molecular complexity index is 613. The molecule has 0 aliphatic rings. The number of benzene rings is 1. The van der Waals surface area contributed by atoms with E-state index in [0.717, 1.165) is 5.56 Å². The molecule has 118 valence electrons. The van der Waals surface area contributed by atoms with Crippen molar-refractivity contribution in [2.45, 2.75) is 19.3 Å². The summed E-state index contributed by atoms with van der Waals surface area (Å²) in [5, 5.41) is 6.88. The molecular formula is C16H20FN3O2. The third kappa shape index (κ3) is 5.20. The third-order valence-corrected chi connectivity index (χ3v) is 3.14. The van der Waals surface area contributed by atoms with Gasteiger partial charge in [-0.3, -0.25) is 9.48 Å². The standard InChI is InChI=1S/C16H20FN3O2/c1-20-12-13(11-19-20)7-8-16(21)18-9-4-10-22-15-6-3-2-5-14(15)17/h2-3,5-6,11-12H,4,7-10H2,1H3,(H,18,21). The molecule has 2 aromatic rings. The third-order valence-electron chi connectivity index (χ3n) is 3.14. The van der Waals surface area contributed by atoms with Crippen LogP contribution in [0.3, 0.4) is 0 Å². The van der Waals surface area contributed by atoms with Crippen molar-refractivity contribution in [3.05, 3.63) is 48.0 Å². The topological polar surface area (TPSA) is 56.2 Å². The van der Waals surface area contributed by atoms with E-state index in [1.807, 2.05) is 13.2 Å². The van der Waals surface area contributed by atoms with E-state index in [2.05, 4.69) is 10.4 Å². The molecule has 0 unspecified atom stereocenters. The van der Waals surface area contributed by atoms with Crippen molar-refractivity contribution in [2.24, 2.45) is 7.05 Å². The number of nitrogens with zero attached hydrogens (tertiary/aromatic N) is 2. The minimum absolute atomic E-state index is 0.00487. The minimum atomic E-state index is -0.372. The molecule has 6 heteroatoms. The maximum atomic E-state index is 13.3. The van der Waals surface area contributed by atoms with Crippen LogP contribution in [-0.2, 0) is 18.3 Å². The van der Waals surface area contributed by atoms with Gasteiger partial charge in [0.05, 0.1) is 12.8 Å². The van der Waals surface area contributed by atoms with Crippen molar-refractivity contribution in [3.8, 4) is 5.75 Å². The molecule has 0 radical (unpaired) electrons. The van der Waals surface area contributed by atoms with E-state index in [1.165, 1.54) is 6.07 Å². The van der Waals surface area contributed by atoms with Crippen molar-refractivity contribution in [1.29, 1.82) is 0 Å². The number of ether oxygens (including phenoxy) is 1. The fourth-order valence-corrected chi connectivity index (χ4v) is 1.99. The highest BCUT2D eigenvalue weighted by molar-refractivity contribution is 5.76. The number of hydrogen-bond acceptors (Lipinski definition) is 3. The normalized spacial score (nSPS) is 10.5. The van der Waals surface area contributed by atoms with Gasteiger partial charge in [-0.05, 0) is 30.5 Å². The minimum Gasteiger partial charge on any atom is -0.490 e. The van der Waals surface area contributed by atoms with E-state index in [4.69, 9.17) is 4.74 Å². The van der Waals surface area contributed by atoms with E-state index in [1.54, 1.807) is 29.1 Å². The molecule has 0 saturated carbocycles. The van der Waals surface area contributed by atoms with Crippen molar-refractivity contribution < 1.29 is 13.9 Å². The van der Waals surface area contributed by atoms with Gasteiger partial charge >= 0.3 is 0 Å². The van der Waals surface area contributed by atoms with Crippen LogP contribution in [0.1, 0.15) is 18.4 Å². The fraction of sp³-hybridized carbons (Fsp3) is 0.375. The zero-order chi connectivity index (χ0) is 15.8. The van der Waals surface area contributed by atoms with Crippen LogP contribution in [0.15, 0.2) is 36.7 Å². The van der Waals surface area contributed by atoms with Crippen molar-refractivity contribution in [3.63, 3.8) is 0 Å². The summed E-state index contributed by atoms with van der Waals surface area (Å²) in [6.07, 6.45) is 5.39. The molecule has 0 spiro atoms. The lowest BCUT2D eigenvalue weighted by Crippen LogP contribution is -2.25. The van der Waals surface area contributed by atoms with Crippen molar-refractivity contribution in [2.75, 3.05) is 13.2 Å². The number of aryl methyl sites for hydroxylation is 2. The predicted molar refractivity (Wildman–Crippen MR) is 81.1 cm³/mol. The first kappa shape index (κ1) is 16.0. The Labute approximate surface area is 129 Å². The first-order valence-corrected chi connectivity index (χ1v) is 7.26. The Kier molecular flexibility index (Phi) is 5.94. The molecule has 0 aliphatic heterocycles. The summed E-state index contributed by atoms with van der Waals surface area (Å²) < 4.78 is 20.3. The summed E-state index contributed by atoms with van der Waals surface area (Å²) in [4.78, 5) is 11.7. The predicted octanol–water partition coefficient (Wildman–Crippen LogP) is 2.08. The largest absolute Gasteiger partial charge is 0.490 e. The highest BCUT2D eigenvalue weighted by Gasteiger charge is 2.04. The van der Waals surface area contributed by atoms with Gasteiger partial charge in [0, 0.05) is 26.2 Å². The van der Waals surface area contributed by atoms with Crippen LogP contribution < -0.4 is 10.1 Å². The first-order chi connectivity index (χ1) is 10.6. The summed E-state index contributed by atoms with van der Waals surface area (Å²) in [5.41, 5.74) is 1.04. The van der Waals surface area contributed by atoms with Crippen molar-refractivity contribution >= 4 is 5.91 Å². The van der Waals surface area contributed by atoms with E-state index >= 15 is 0 Å². The molecule has 0 atom stereocenters. The number of aromatic nitrogens is 2. The Morgan fingerprint density at radius 3 is 2.95 bits per heavy atom. The molecule has 0 fully saturated rings. The number of halogens is 1. The van der Waals surface area contributed by atoms with Gasteiger partial charge in [-0.15, -0.1) is 0 Å². The van der Waals surface area contributed by atoms with Crippen LogP contribution in [-0.4, -0.2) is 28.8 Å². The van der Waals surface area contributed by atoms with Gasteiger partial charge in [0.25, 0.3) is 0 Å². The number of amides is 1. The number of hydrogen-bond donors (Lipinski definition) is 1. The molecule has 0 bridgehead atoms. The highest BCUT2D eigenvalue weighted by Crippen LogP contribution is 2.15. The summed E-state index contributed by atoms with van der Waals surface area (Å²) in [6.45, 7) is 0.879. The molecule has 5 nitrogen and oxygen atoms in total. The molecule has 1 N–H and O–H groups in total. The lowest BCUT2D eigenvalue weighted by Gasteiger charge is -2.08. The van der Waals surface area contributed by atoms with Crippen LogP contribution in [0.4, 0.5) is 4.39 Å². The Hall–Kier alpha value is -2.37. The lowest BCUT2D eigenvalue weighted by atomic mass is 10.2. The van der Waals surface area contributed by atoms with E-state index in [-0.39, 0.29) is 17.5 Å². The van der Waals surface area contributed by atoms with Crippen LogP contribution in [0, 0.1) is 5.82 Å². The number of nitrogens with one attached hydrogen (secondary N) is 1. The summed E-state index contributed by atoms with van der Waals surface area (Å²) >= 11 is 0. The zero-order valence-electron chi connectivity index (χ0n) is 12.6.